The van der Waals surface area contributed by atoms with Crippen LogP contribution in [-0.2, 0) is 0 Å². The Morgan fingerprint density at radius 1 is 1.20 bits per heavy atom. The number of amides is 2. The average Bonchev–Trinajstić information content (AvgIpc) is 2.49. The molecule has 0 unspecified atom stereocenters. The maximum atomic E-state index is 11.7. The predicted molar refractivity (Wildman–Crippen MR) is 79.4 cm³/mol. The van der Waals surface area contributed by atoms with Gasteiger partial charge in [0.1, 0.15) is 0 Å². The van der Waals surface area contributed by atoms with E-state index >= 15 is 0 Å². The van der Waals surface area contributed by atoms with E-state index in [1.807, 2.05) is 30.3 Å². The highest BCUT2D eigenvalue weighted by molar-refractivity contribution is 5.74. The molecule has 1 aliphatic rings. The fourth-order valence-corrected chi connectivity index (χ4v) is 2.65. The van der Waals surface area contributed by atoms with Gasteiger partial charge in [-0.2, -0.15) is 0 Å². The fraction of sp³-hybridized carbons (Fsp3) is 0.562. The van der Waals surface area contributed by atoms with Crippen molar-refractivity contribution in [1.29, 1.82) is 0 Å². The summed E-state index contributed by atoms with van der Waals surface area (Å²) < 4.78 is 0. The van der Waals surface area contributed by atoms with E-state index in [2.05, 4.69) is 10.6 Å². The first-order valence-corrected chi connectivity index (χ1v) is 7.53. The van der Waals surface area contributed by atoms with Crippen LogP contribution in [0.1, 0.15) is 50.2 Å². The molecule has 2 rings (SSSR count). The van der Waals surface area contributed by atoms with Gasteiger partial charge in [0.2, 0.25) is 0 Å². The molecule has 20 heavy (non-hydrogen) atoms. The van der Waals surface area contributed by atoms with Gasteiger partial charge in [-0.3, -0.25) is 0 Å². The highest BCUT2D eigenvalue weighted by atomic mass is 16.3. The molecule has 3 N–H and O–H groups in total. The Bertz CT molecular complexity index is 402. The van der Waals surface area contributed by atoms with Crippen LogP contribution in [0, 0.1) is 0 Å². The van der Waals surface area contributed by atoms with Gasteiger partial charge < -0.3 is 15.7 Å². The lowest BCUT2D eigenvalue weighted by atomic mass is 9.96. The van der Waals surface area contributed by atoms with Crippen LogP contribution in [0.4, 0.5) is 4.79 Å². The Kier molecular flexibility index (Phi) is 5.87. The molecule has 1 aromatic rings. The van der Waals surface area contributed by atoms with Crippen LogP contribution in [0.15, 0.2) is 30.3 Å². The van der Waals surface area contributed by atoms with Crippen LogP contribution >= 0.6 is 0 Å². The quantitative estimate of drug-likeness (QED) is 0.774. The second kappa shape index (κ2) is 7.90. The van der Waals surface area contributed by atoms with Crippen LogP contribution < -0.4 is 10.6 Å². The summed E-state index contributed by atoms with van der Waals surface area (Å²) in [5.74, 6) is 0. The summed E-state index contributed by atoms with van der Waals surface area (Å²) in [4.78, 5) is 11.7. The van der Waals surface area contributed by atoms with E-state index in [1.165, 1.54) is 19.3 Å². The smallest absolute Gasteiger partial charge is 0.315 e. The first-order chi connectivity index (χ1) is 9.75. The van der Waals surface area contributed by atoms with Gasteiger partial charge in [-0.25, -0.2) is 4.79 Å². The maximum absolute atomic E-state index is 11.7. The summed E-state index contributed by atoms with van der Waals surface area (Å²) in [5, 5.41) is 15.8. The molecule has 0 radical (unpaired) electrons. The molecule has 110 valence electrons. The summed E-state index contributed by atoms with van der Waals surface area (Å²) in [7, 11) is 0. The molecule has 0 bridgehead atoms. The van der Waals surface area contributed by atoms with E-state index in [1.54, 1.807) is 0 Å². The summed E-state index contributed by atoms with van der Waals surface area (Å²) in [6, 6.07) is 9.73. The van der Waals surface area contributed by atoms with E-state index in [0.29, 0.717) is 19.0 Å². The lowest BCUT2D eigenvalue weighted by molar-refractivity contribution is 0.166. The van der Waals surface area contributed by atoms with Gasteiger partial charge in [-0.1, -0.05) is 49.6 Å². The van der Waals surface area contributed by atoms with Crippen LogP contribution in [0.3, 0.4) is 0 Å². The molecule has 0 aromatic heterocycles. The lowest BCUT2D eigenvalue weighted by Gasteiger charge is -2.23. The predicted octanol–water partition coefficient (Wildman–Crippen LogP) is 2.74. The molecule has 1 fully saturated rings. The van der Waals surface area contributed by atoms with Gasteiger partial charge in [0.15, 0.2) is 0 Å². The minimum Gasteiger partial charge on any atom is -0.388 e. The van der Waals surface area contributed by atoms with Gasteiger partial charge in [0.25, 0.3) is 0 Å². The fourth-order valence-electron chi connectivity index (χ4n) is 2.65. The van der Waals surface area contributed by atoms with Gasteiger partial charge in [-0.05, 0) is 24.8 Å². The minimum absolute atomic E-state index is 0.114. The van der Waals surface area contributed by atoms with Crippen molar-refractivity contribution >= 4 is 6.03 Å². The zero-order valence-electron chi connectivity index (χ0n) is 11.8. The molecule has 1 saturated carbocycles. The van der Waals surface area contributed by atoms with Crippen molar-refractivity contribution < 1.29 is 9.90 Å². The standard InChI is InChI=1S/C16H24N2O2/c19-15(13-7-3-1-4-8-13)11-12-17-16(20)18-14-9-5-2-6-10-14/h1,3-4,7-8,14-15,19H,2,5-6,9-12H2,(H2,17,18,20)/t15-/m1/s1. The summed E-state index contributed by atoms with van der Waals surface area (Å²) in [5.41, 5.74) is 0.891. The van der Waals surface area contributed by atoms with E-state index in [-0.39, 0.29) is 6.03 Å². The first-order valence-electron chi connectivity index (χ1n) is 7.53. The number of urea groups is 1. The Balaban J connectivity index is 1.63. The summed E-state index contributed by atoms with van der Waals surface area (Å²) in [6.45, 7) is 0.481. The Morgan fingerprint density at radius 3 is 2.60 bits per heavy atom. The van der Waals surface area contributed by atoms with Gasteiger partial charge in [0, 0.05) is 12.6 Å². The molecule has 1 aromatic carbocycles. The zero-order valence-corrected chi connectivity index (χ0v) is 11.8. The van der Waals surface area contributed by atoms with Crippen molar-refractivity contribution in [3.8, 4) is 0 Å². The van der Waals surface area contributed by atoms with E-state index in [0.717, 1.165) is 18.4 Å². The number of aliphatic hydroxyl groups excluding tert-OH is 1. The third kappa shape index (κ3) is 4.85. The maximum Gasteiger partial charge on any atom is 0.315 e. The third-order valence-electron chi connectivity index (χ3n) is 3.83. The van der Waals surface area contributed by atoms with Crippen LogP contribution in [0.2, 0.25) is 0 Å². The van der Waals surface area contributed by atoms with Gasteiger partial charge >= 0.3 is 6.03 Å². The summed E-state index contributed by atoms with van der Waals surface area (Å²) in [6.07, 6.45) is 5.87. The number of hydrogen-bond donors (Lipinski definition) is 3. The van der Waals surface area contributed by atoms with E-state index < -0.39 is 6.10 Å². The second-order valence-corrected chi connectivity index (χ2v) is 5.45. The van der Waals surface area contributed by atoms with Crippen LogP contribution in [0.5, 0.6) is 0 Å². The number of rotatable bonds is 5. The number of nitrogens with one attached hydrogen (secondary N) is 2. The van der Waals surface area contributed by atoms with E-state index in [4.69, 9.17) is 0 Å². The molecule has 0 aliphatic heterocycles. The molecule has 0 spiro atoms. The number of aliphatic hydroxyl groups is 1. The Morgan fingerprint density at radius 2 is 1.90 bits per heavy atom. The molecule has 1 aliphatic carbocycles. The lowest BCUT2D eigenvalue weighted by Crippen LogP contribution is -2.43. The van der Waals surface area contributed by atoms with Crippen LogP contribution in [-0.4, -0.2) is 23.7 Å². The normalized spacial score (nSPS) is 17.4. The molecular weight excluding hydrogens is 252 g/mol. The molecule has 0 saturated heterocycles. The molecule has 2 amide bonds. The summed E-state index contributed by atoms with van der Waals surface area (Å²) >= 11 is 0. The number of benzene rings is 1. The van der Waals surface area contributed by atoms with Crippen molar-refractivity contribution in [2.75, 3.05) is 6.54 Å². The first kappa shape index (κ1) is 14.9. The van der Waals surface area contributed by atoms with Crippen molar-refractivity contribution in [2.24, 2.45) is 0 Å². The van der Waals surface area contributed by atoms with E-state index in [9.17, 15) is 9.90 Å². The molecule has 4 heteroatoms. The highest BCUT2D eigenvalue weighted by Crippen LogP contribution is 2.17. The minimum atomic E-state index is -0.522. The number of carbonyl (C=O) groups excluding carboxylic acids is 1. The van der Waals surface area contributed by atoms with Gasteiger partial charge in [0.05, 0.1) is 6.10 Å². The Hall–Kier alpha value is -1.55. The topological polar surface area (TPSA) is 61.4 Å². The monoisotopic (exact) mass is 276 g/mol. The van der Waals surface area contributed by atoms with Crippen molar-refractivity contribution in [3.05, 3.63) is 35.9 Å². The average molecular weight is 276 g/mol. The number of hydrogen-bond acceptors (Lipinski definition) is 2. The molecule has 1 atom stereocenters. The SMILES string of the molecule is O=C(NCC[C@@H](O)c1ccccc1)NC1CCCCC1. The second-order valence-electron chi connectivity index (χ2n) is 5.45. The molecular formula is C16H24N2O2. The van der Waals surface area contributed by atoms with Crippen molar-refractivity contribution in [2.45, 2.75) is 50.7 Å². The van der Waals surface area contributed by atoms with Crippen molar-refractivity contribution in [1.82, 2.24) is 10.6 Å². The molecule has 0 heterocycles. The zero-order chi connectivity index (χ0) is 14.2. The third-order valence-corrected chi connectivity index (χ3v) is 3.83. The van der Waals surface area contributed by atoms with Crippen LogP contribution in [0.25, 0.3) is 0 Å². The highest BCUT2D eigenvalue weighted by Gasteiger charge is 2.15. The largest absolute Gasteiger partial charge is 0.388 e. The van der Waals surface area contributed by atoms with Crippen molar-refractivity contribution in [3.63, 3.8) is 0 Å². The van der Waals surface area contributed by atoms with Gasteiger partial charge in [-0.15, -0.1) is 0 Å². The number of carbonyl (C=O) groups is 1. The molecule has 4 nitrogen and oxygen atoms in total. The Labute approximate surface area is 120 Å².